The molecule has 344 valence electrons. The van der Waals surface area contributed by atoms with Crippen LogP contribution >= 0.6 is 7.82 Å². The summed E-state index contributed by atoms with van der Waals surface area (Å²) in [5.74, 6) is -0.955. The number of ether oxygens (including phenoxy) is 2. The molecule has 0 aromatic rings. The van der Waals surface area contributed by atoms with Crippen molar-refractivity contribution in [3.05, 3.63) is 48.6 Å². The van der Waals surface area contributed by atoms with Crippen molar-refractivity contribution in [3.8, 4) is 0 Å². The number of carbonyl (C=O) groups is 2. The number of phosphoric acid groups is 1. The maximum absolute atomic E-state index is 12.6. The van der Waals surface area contributed by atoms with Gasteiger partial charge in [-0.15, -0.1) is 0 Å². The van der Waals surface area contributed by atoms with E-state index in [1.165, 1.54) is 103 Å². The van der Waals surface area contributed by atoms with Crippen molar-refractivity contribution >= 4 is 19.8 Å². The Morgan fingerprint density at radius 2 is 0.915 bits per heavy atom. The van der Waals surface area contributed by atoms with E-state index >= 15 is 0 Å². The minimum Gasteiger partial charge on any atom is -0.462 e. The third-order valence-corrected chi connectivity index (χ3v) is 10.9. The predicted molar refractivity (Wildman–Crippen MR) is 242 cm³/mol. The van der Waals surface area contributed by atoms with Crippen molar-refractivity contribution in [1.29, 1.82) is 0 Å². The Bertz CT molecular complexity index is 1120. The zero-order valence-electron chi connectivity index (χ0n) is 37.5. The summed E-state index contributed by atoms with van der Waals surface area (Å²) >= 11 is 0. The van der Waals surface area contributed by atoms with Gasteiger partial charge in [0.2, 0.25) is 0 Å². The van der Waals surface area contributed by atoms with Crippen LogP contribution in [0.25, 0.3) is 0 Å². The van der Waals surface area contributed by atoms with Crippen LogP contribution in [0.5, 0.6) is 0 Å². The summed E-state index contributed by atoms with van der Waals surface area (Å²) in [6.07, 6.45) is 47.9. The van der Waals surface area contributed by atoms with E-state index in [1.54, 1.807) is 0 Å². The first kappa shape index (κ1) is 56.9. The van der Waals surface area contributed by atoms with Gasteiger partial charge in [0.25, 0.3) is 0 Å². The average molecular weight is 855 g/mol. The second kappa shape index (κ2) is 44.0. The minimum atomic E-state index is -4.63. The molecule has 0 aliphatic carbocycles. The molecule has 1 unspecified atom stereocenters. The van der Waals surface area contributed by atoms with Gasteiger partial charge in [-0.3, -0.25) is 18.6 Å². The molecule has 0 spiro atoms. The Morgan fingerprint density at radius 3 is 1.39 bits per heavy atom. The summed E-state index contributed by atoms with van der Waals surface area (Å²) in [5, 5.41) is 18.4. The molecule has 11 heteroatoms. The first-order valence-corrected chi connectivity index (χ1v) is 25.1. The molecule has 0 amide bonds. The number of aliphatic hydroxyl groups excluding tert-OH is 2. The van der Waals surface area contributed by atoms with Gasteiger partial charge in [-0.2, -0.15) is 0 Å². The van der Waals surface area contributed by atoms with Crippen LogP contribution in [0.15, 0.2) is 48.6 Å². The molecule has 0 fully saturated rings. The topological polar surface area (TPSA) is 149 Å². The number of rotatable bonds is 44. The van der Waals surface area contributed by atoms with E-state index in [0.717, 1.165) is 64.2 Å². The molecule has 0 heterocycles. The molecular weight excluding hydrogens is 767 g/mol. The van der Waals surface area contributed by atoms with Gasteiger partial charge in [0.15, 0.2) is 6.10 Å². The lowest BCUT2D eigenvalue weighted by atomic mass is 10.0. The van der Waals surface area contributed by atoms with E-state index in [4.69, 9.17) is 23.6 Å². The van der Waals surface area contributed by atoms with Crippen LogP contribution in [0.2, 0.25) is 0 Å². The van der Waals surface area contributed by atoms with Crippen LogP contribution in [-0.4, -0.2) is 65.7 Å². The van der Waals surface area contributed by atoms with Gasteiger partial charge < -0.3 is 24.6 Å². The number of allylic oxidation sites excluding steroid dienone is 8. The van der Waals surface area contributed by atoms with E-state index in [1.807, 2.05) is 0 Å². The van der Waals surface area contributed by atoms with Gasteiger partial charge >= 0.3 is 19.8 Å². The van der Waals surface area contributed by atoms with Crippen molar-refractivity contribution in [2.45, 2.75) is 219 Å². The van der Waals surface area contributed by atoms with Crippen molar-refractivity contribution < 1.29 is 47.8 Å². The van der Waals surface area contributed by atoms with Crippen LogP contribution in [0.1, 0.15) is 206 Å². The molecule has 0 aromatic heterocycles. The summed E-state index contributed by atoms with van der Waals surface area (Å²) in [6, 6.07) is 0. The summed E-state index contributed by atoms with van der Waals surface area (Å²) in [4.78, 5) is 35.1. The van der Waals surface area contributed by atoms with Gasteiger partial charge in [-0.1, -0.05) is 191 Å². The summed E-state index contributed by atoms with van der Waals surface area (Å²) < 4.78 is 32.8. The van der Waals surface area contributed by atoms with Gasteiger partial charge in [0, 0.05) is 12.8 Å². The van der Waals surface area contributed by atoms with Crippen molar-refractivity contribution in [3.63, 3.8) is 0 Å². The number of esters is 2. The van der Waals surface area contributed by atoms with Crippen LogP contribution in [0.4, 0.5) is 0 Å². The molecule has 0 aromatic carbocycles. The van der Waals surface area contributed by atoms with E-state index in [9.17, 15) is 24.2 Å². The highest BCUT2D eigenvalue weighted by Gasteiger charge is 2.27. The molecule has 0 aliphatic rings. The monoisotopic (exact) mass is 855 g/mol. The lowest BCUT2D eigenvalue weighted by Gasteiger charge is -2.20. The SMILES string of the molecule is CCC/C=C/C/C=C/C/C=C/C/C=C/CCCCCC(=O)O[C@H](COC(=O)CCCCCCCCCCCCCCCCCCCCC)COP(=O)(O)OC[C@@H](O)CO. The van der Waals surface area contributed by atoms with Gasteiger partial charge in [-0.25, -0.2) is 4.57 Å². The maximum Gasteiger partial charge on any atom is 0.472 e. The van der Waals surface area contributed by atoms with Gasteiger partial charge in [-0.05, 0) is 51.4 Å². The first-order chi connectivity index (χ1) is 28.7. The predicted octanol–water partition coefficient (Wildman–Crippen LogP) is 12.9. The van der Waals surface area contributed by atoms with E-state index in [-0.39, 0.29) is 19.4 Å². The Labute approximate surface area is 360 Å². The molecule has 0 bridgehead atoms. The molecule has 59 heavy (non-hydrogen) atoms. The standard InChI is InChI=1S/C48H87O10P/c1-3-5-7-9-11-13-15-17-19-21-22-24-25-27-29-31-33-35-37-39-47(51)55-43-46(44-57-59(53,54)56-42-45(50)41-49)58-48(52)40-38-36-34-32-30-28-26-23-20-18-16-14-12-10-8-6-4-2/h8,10,14,16,20,23,28,30,45-46,49-50H,3-7,9,11-13,15,17-19,21-22,24-27,29,31-44H2,1-2H3,(H,53,54)/b10-8+,16-14+,23-20+,30-28+/t45-,46+/m0/s1. The number of unbranched alkanes of at least 4 members (excludes halogenated alkanes) is 22. The van der Waals surface area contributed by atoms with E-state index in [2.05, 4.69) is 62.5 Å². The lowest BCUT2D eigenvalue weighted by Crippen LogP contribution is -2.29. The van der Waals surface area contributed by atoms with Crippen molar-refractivity contribution in [2.75, 3.05) is 26.4 Å². The first-order valence-electron chi connectivity index (χ1n) is 23.6. The molecule has 0 saturated carbocycles. The number of hydrogen-bond acceptors (Lipinski definition) is 9. The molecule has 0 rings (SSSR count). The van der Waals surface area contributed by atoms with Crippen LogP contribution in [-0.2, 0) is 32.7 Å². The van der Waals surface area contributed by atoms with E-state index in [0.29, 0.717) is 12.8 Å². The van der Waals surface area contributed by atoms with Crippen LogP contribution in [0.3, 0.4) is 0 Å². The molecule has 0 radical (unpaired) electrons. The van der Waals surface area contributed by atoms with Gasteiger partial charge in [0.05, 0.1) is 19.8 Å². The number of hydrogen-bond donors (Lipinski definition) is 3. The highest BCUT2D eigenvalue weighted by Crippen LogP contribution is 2.43. The van der Waals surface area contributed by atoms with Crippen LogP contribution in [0, 0.1) is 0 Å². The van der Waals surface area contributed by atoms with Crippen molar-refractivity contribution in [1.82, 2.24) is 0 Å². The number of aliphatic hydroxyl groups is 2. The van der Waals surface area contributed by atoms with Crippen molar-refractivity contribution in [2.24, 2.45) is 0 Å². The average Bonchev–Trinajstić information content (AvgIpc) is 3.22. The fraction of sp³-hybridized carbons (Fsp3) is 0.792. The normalized spacial score (nSPS) is 14.2. The second-order valence-electron chi connectivity index (χ2n) is 15.8. The molecule has 0 aliphatic heterocycles. The number of phosphoric ester groups is 1. The summed E-state index contributed by atoms with van der Waals surface area (Å²) in [6.45, 7) is 2.30. The summed E-state index contributed by atoms with van der Waals surface area (Å²) in [7, 11) is -4.63. The fourth-order valence-corrected chi connectivity index (χ4v) is 7.13. The molecule has 3 N–H and O–H groups in total. The Balaban J connectivity index is 4.27. The van der Waals surface area contributed by atoms with Crippen LogP contribution < -0.4 is 0 Å². The smallest absolute Gasteiger partial charge is 0.462 e. The maximum atomic E-state index is 12.6. The highest BCUT2D eigenvalue weighted by atomic mass is 31.2. The summed E-state index contributed by atoms with van der Waals surface area (Å²) in [5.41, 5.74) is 0. The molecule has 10 nitrogen and oxygen atoms in total. The highest BCUT2D eigenvalue weighted by molar-refractivity contribution is 7.47. The quantitative estimate of drug-likeness (QED) is 0.0234. The zero-order valence-corrected chi connectivity index (χ0v) is 38.4. The molecule has 3 atom stereocenters. The Morgan fingerprint density at radius 1 is 0.508 bits per heavy atom. The third-order valence-electron chi connectivity index (χ3n) is 9.97. The minimum absolute atomic E-state index is 0.147. The van der Waals surface area contributed by atoms with Gasteiger partial charge in [0.1, 0.15) is 12.7 Å². The third kappa shape index (κ3) is 43.8. The molecule has 0 saturated heterocycles. The number of carbonyl (C=O) groups excluding carboxylic acids is 2. The second-order valence-corrected chi connectivity index (χ2v) is 17.2. The lowest BCUT2D eigenvalue weighted by molar-refractivity contribution is -0.161. The fourth-order valence-electron chi connectivity index (χ4n) is 6.34. The molecular formula is C48H87O10P. The Kier molecular flexibility index (Phi) is 42.5. The van der Waals surface area contributed by atoms with E-state index < -0.39 is 51.8 Å². The zero-order chi connectivity index (χ0) is 43.3. The largest absolute Gasteiger partial charge is 0.472 e. The Hall–Kier alpha value is -2.07.